The second-order valence-electron chi connectivity index (χ2n) is 7.05. The van der Waals surface area contributed by atoms with E-state index >= 15 is 0 Å². The Kier molecular flexibility index (Phi) is 8.92. The van der Waals surface area contributed by atoms with Crippen LogP contribution in [0.3, 0.4) is 0 Å². The predicted molar refractivity (Wildman–Crippen MR) is 114 cm³/mol. The van der Waals surface area contributed by atoms with Crippen LogP contribution in [0.2, 0.25) is 0 Å². The Morgan fingerprint density at radius 1 is 0.964 bits per heavy atom. The van der Waals surface area contributed by atoms with Gasteiger partial charge in [0.1, 0.15) is 0 Å². The number of nitrogens with one attached hydrogen (secondary N) is 2. The maximum atomic E-state index is 11.9. The molecule has 5 heteroatoms. The molecule has 0 radical (unpaired) electrons. The Labute approximate surface area is 167 Å². The van der Waals surface area contributed by atoms with Crippen molar-refractivity contribution in [2.24, 2.45) is 5.10 Å². The number of carbonyl (C=O) groups excluding carboxylic acids is 2. The van der Waals surface area contributed by atoms with E-state index in [1.54, 1.807) is 18.3 Å². The number of nitrogens with zero attached hydrogens (tertiary/aromatic N) is 1. The highest BCUT2D eigenvalue weighted by Crippen LogP contribution is 2.13. The monoisotopic (exact) mass is 379 g/mol. The molecule has 0 saturated carbocycles. The number of unbranched alkanes of at least 4 members (excludes halogenated alkanes) is 2. The highest BCUT2D eigenvalue weighted by molar-refractivity contribution is 5.94. The molecule has 0 heterocycles. The van der Waals surface area contributed by atoms with Gasteiger partial charge in [0, 0.05) is 18.5 Å². The van der Waals surface area contributed by atoms with Crippen molar-refractivity contribution in [2.75, 3.05) is 6.54 Å². The van der Waals surface area contributed by atoms with Gasteiger partial charge < -0.3 is 5.32 Å². The fourth-order valence-corrected chi connectivity index (χ4v) is 2.68. The molecule has 0 atom stereocenters. The molecule has 0 aliphatic heterocycles. The maximum absolute atomic E-state index is 11.9. The van der Waals surface area contributed by atoms with Crippen LogP contribution in [-0.4, -0.2) is 24.6 Å². The molecule has 2 aromatic rings. The van der Waals surface area contributed by atoms with Crippen LogP contribution in [0, 0.1) is 0 Å². The standard InChI is InChI=1S/C23H29N3O2/c1-18(2)20-14-12-19(13-15-20)17-25-26-22(27)11-7-4-8-16-24-23(28)21-9-5-3-6-10-21/h3,5-6,9-10,12-15,17-18H,4,7-8,11,16H2,1-2H3,(H,24,28)(H,26,27)/b25-17-. The van der Waals surface area contributed by atoms with Gasteiger partial charge in [0.25, 0.3) is 5.91 Å². The largest absolute Gasteiger partial charge is 0.352 e. The molecule has 28 heavy (non-hydrogen) atoms. The fraction of sp³-hybridized carbons (Fsp3) is 0.348. The minimum atomic E-state index is -0.0941. The molecule has 0 aliphatic rings. The normalized spacial score (nSPS) is 11.0. The smallest absolute Gasteiger partial charge is 0.251 e. The highest BCUT2D eigenvalue weighted by atomic mass is 16.2. The summed E-state index contributed by atoms with van der Waals surface area (Å²) in [5, 5.41) is 6.89. The molecule has 0 saturated heterocycles. The first-order valence-corrected chi connectivity index (χ1v) is 9.81. The van der Waals surface area contributed by atoms with Crippen molar-refractivity contribution in [3.8, 4) is 0 Å². The van der Waals surface area contributed by atoms with Crippen LogP contribution in [0.5, 0.6) is 0 Å². The van der Waals surface area contributed by atoms with E-state index in [0.717, 1.165) is 24.8 Å². The molecule has 0 fully saturated rings. The van der Waals surface area contributed by atoms with Gasteiger partial charge in [0.05, 0.1) is 6.21 Å². The minimum absolute atomic E-state index is 0.0610. The molecular weight excluding hydrogens is 350 g/mol. The molecule has 0 unspecified atom stereocenters. The van der Waals surface area contributed by atoms with Gasteiger partial charge in [0.15, 0.2) is 0 Å². The van der Waals surface area contributed by atoms with Crippen molar-refractivity contribution in [1.29, 1.82) is 0 Å². The summed E-state index contributed by atoms with van der Waals surface area (Å²) < 4.78 is 0. The van der Waals surface area contributed by atoms with Crippen LogP contribution < -0.4 is 10.7 Å². The van der Waals surface area contributed by atoms with Crippen LogP contribution >= 0.6 is 0 Å². The van der Waals surface area contributed by atoms with Crippen molar-refractivity contribution < 1.29 is 9.59 Å². The number of amides is 2. The number of hydrogen-bond donors (Lipinski definition) is 2. The Hall–Kier alpha value is -2.95. The van der Waals surface area contributed by atoms with Gasteiger partial charge in [-0.25, -0.2) is 5.43 Å². The first-order valence-electron chi connectivity index (χ1n) is 9.81. The average molecular weight is 380 g/mol. The minimum Gasteiger partial charge on any atom is -0.352 e. The van der Waals surface area contributed by atoms with E-state index in [2.05, 4.69) is 41.8 Å². The lowest BCUT2D eigenvalue weighted by molar-refractivity contribution is -0.121. The lowest BCUT2D eigenvalue weighted by Crippen LogP contribution is -2.24. The SMILES string of the molecule is CC(C)c1ccc(/C=N\NC(=O)CCCCCNC(=O)c2ccccc2)cc1. The van der Waals surface area contributed by atoms with Crippen LogP contribution in [0.15, 0.2) is 59.7 Å². The number of carbonyl (C=O) groups is 2. The van der Waals surface area contributed by atoms with E-state index in [0.29, 0.717) is 24.4 Å². The summed E-state index contributed by atoms with van der Waals surface area (Å²) in [7, 11) is 0. The van der Waals surface area contributed by atoms with Gasteiger partial charge in [-0.05, 0) is 42.0 Å². The predicted octanol–water partition coefficient (Wildman–Crippen LogP) is 4.25. The average Bonchev–Trinajstić information content (AvgIpc) is 2.71. The Balaban J connectivity index is 1.55. The summed E-state index contributed by atoms with van der Waals surface area (Å²) >= 11 is 0. The first-order chi connectivity index (χ1) is 13.6. The number of hydrogen-bond acceptors (Lipinski definition) is 3. The summed E-state index contributed by atoms with van der Waals surface area (Å²) in [6, 6.07) is 17.3. The molecule has 2 N–H and O–H groups in total. The zero-order valence-electron chi connectivity index (χ0n) is 16.7. The fourth-order valence-electron chi connectivity index (χ4n) is 2.68. The van der Waals surface area contributed by atoms with E-state index in [9.17, 15) is 9.59 Å². The van der Waals surface area contributed by atoms with Gasteiger partial charge in [-0.1, -0.05) is 62.7 Å². The summed E-state index contributed by atoms with van der Waals surface area (Å²) in [5.74, 6) is 0.342. The van der Waals surface area contributed by atoms with Crippen molar-refractivity contribution in [3.05, 3.63) is 71.3 Å². The second-order valence-corrected chi connectivity index (χ2v) is 7.05. The van der Waals surface area contributed by atoms with Gasteiger partial charge in [-0.2, -0.15) is 5.10 Å². The van der Waals surface area contributed by atoms with Gasteiger partial charge in [0.2, 0.25) is 5.91 Å². The Bertz CT molecular complexity index is 768. The molecule has 0 spiro atoms. The third kappa shape index (κ3) is 7.74. The molecule has 2 amide bonds. The second kappa shape index (κ2) is 11.7. The molecule has 0 aliphatic carbocycles. The van der Waals surface area contributed by atoms with Gasteiger partial charge >= 0.3 is 0 Å². The van der Waals surface area contributed by atoms with Crippen LogP contribution in [0.4, 0.5) is 0 Å². The van der Waals surface area contributed by atoms with E-state index in [1.165, 1.54) is 5.56 Å². The number of rotatable bonds is 10. The molecule has 2 aromatic carbocycles. The Morgan fingerprint density at radius 2 is 1.68 bits per heavy atom. The van der Waals surface area contributed by atoms with Crippen LogP contribution in [0.1, 0.15) is 66.9 Å². The first kappa shape index (κ1) is 21.4. The third-order valence-corrected chi connectivity index (χ3v) is 4.41. The van der Waals surface area contributed by atoms with Crippen molar-refractivity contribution in [3.63, 3.8) is 0 Å². The number of benzene rings is 2. The van der Waals surface area contributed by atoms with Gasteiger partial charge in [-0.3, -0.25) is 9.59 Å². The quantitative estimate of drug-likeness (QED) is 0.368. The van der Waals surface area contributed by atoms with E-state index in [4.69, 9.17) is 0 Å². The third-order valence-electron chi connectivity index (χ3n) is 4.41. The highest BCUT2D eigenvalue weighted by Gasteiger charge is 2.03. The summed E-state index contributed by atoms with van der Waals surface area (Å²) in [5.41, 5.74) is 5.46. The summed E-state index contributed by atoms with van der Waals surface area (Å²) in [6.07, 6.45) is 4.57. The van der Waals surface area contributed by atoms with E-state index in [1.807, 2.05) is 30.3 Å². The summed E-state index contributed by atoms with van der Waals surface area (Å²) in [6.45, 7) is 4.92. The van der Waals surface area contributed by atoms with Crippen molar-refractivity contribution in [1.82, 2.24) is 10.7 Å². The van der Waals surface area contributed by atoms with E-state index in [-0.39, 0.29) is 11.8 Å². The van der Waals surface area contributed by atoms with Crippen LogP contribution in [-0.2, 0) is 4.79 Å². The molecule has 0 bridgehead atoms. The molecule has 5 nitrogen and oxygen atoms in total. The zero-order chi connectivity index (χ0) is 20.2. The molecule has 2 rings (SSSR count). The van der Waals surface area contributed by atoms with Gasteiger partial charge in [-0.15, -0.1) is 0 Å². The summed E-state index contributed by atoms with van der Waals surface area (Å²) in [4.78, 5) is 23.7. The van der Waals surface area contributed by atoms with Crippen molar-refractivity contribution >= 4 is 18.0 Å². The lowest BCUT2D eigenvalue weighted by atomic mass is 10.0. The molecule has 0 aromatic heterocycles. The molecular formula is C23H29N3O2. The van der Waals surface area contributed by atoms with Crippen molar-refractivity contribution in [2.45, 2.75) is 45.4 Å². The van der Waals surface area contributed by atoms with E-state index < -0.39 is 0 Å². The van der Waals surface area contributed by atoms with Crippen LogP contribution in [0.25, 0.3) is 0 Å². The maximum Gasteiger partial charge on any atom is 0.251 e. The molecule has 148 valence electrons. The zero-order valence-corrected chi connectivity index (χ0v) is 16.7. The topological polar surface area (TPSA) is 70.6 Å². The Morgan fingerprint density at radius 3 is 2.36 bits per heavy atom. The lowest BCUT2D eigenvalue weighted by Gasteiger charge is -2.05. The number of hydrazone groups is 1.